The topological polar surface area (TPSA) is 41.6 Å². The number of hydrogen-bond acceptors (Lipinski definition) is 3. The van der Waals surface area contributed by atoms with E-state index in [9.17, 15) is 4.79 Å². The molecule has 2 rings (SSSR count). The summed E-state index contributed by atoms with van der Waals surface area (Å²) in [5.74, 6) is 1.04. The van der Waals surface area contributed by atoms with Crippen LogP contribution < -0.4 is 5.32 Å². The maximum Gasteiger partial charge on any atom is 0.210 e. The summed E-state index contributed by atoms with van der Waals surface area (Å²) in [4.78, 5) is 13.1. The number of amides is 1. The van der Waals surface area contributed by atoms with E-state index >= 15 is 0 Å². The van der Waals surface area contributed by atoms with Crippen molar-refractivity contribution in [2.24, 2.45) is 11.8 Å². The maximum atomic E-state index is 11.2. The highest BCUT2D eigenvalue weighted by molar-refractivity contribution is 5.58. The second-order valence-electron chi connectivity index (χ2n) is 9.58. The minimum absolute atomic E-state index is 0.0417. The Morgan fingerprint density at radius 2 is 1.83 bits per heavy atom. The van der Waals surface area contributed by atoms with Gasteiger partial charge in [0.15, 0.2) is 0 Å². The Hall–Kier alpha value is -2.07. The zero-order chi connectivity index (χ0) is 22.9. The zero-order valence-corrected chi connectivity index (χ0v) is 20.5. The van der Waals surface area contributed by atoms with Crippen LogP contribution in [-0.2, 0) is 9.53 Å². The smallest absolute Gasteiger partial charge is 0.210 e. The standard InChI is InChI=1S/C21H30N2O.C5H12O/c1-15(2)18(5)12-21(22-19-8-6-7-16(3)11-19)20-13-23(14-24)10-9-17(20)4;1-5(2,3)6-4/h6-8,11-12,14-15,18,22H,9-10,13H2,1-5H3;1-4H3/b21-12+;. The van der Waals surface area contributed by atoms with Gasteiger partial charge in [0.2, 0.25) is 6.41 Å². The molecular formula is C26H42N2O2. The van der Waals surface area contributed by atoms with Gasteiger partial charge >= 0.3 is 0 Å². The van der Waals surface area contributed by atoms with Gasteiger partial charge in [0.25, 0.3) is 0 Å². The Bertz CT molecular complexity index is 742. The minimum atomic E-state index is 0.0417. The summed E-state index contributed by atoms with van der Waals surface area (Å²) in [6, 6.07) is 8.42. The lowest BCUT2D eigenvalue weighted by atomic mass is 9.92. The van der Waals surface area contributed by atoms with Crippen molar-refractivity contribution in [1.29, 1.82) is 0 Å². The number of methoxy groups -OCH3 is 1. The summed E-state index contributed by atoms with van der Waals surface area (Å²) < 4.78 is 4.94. The number of aryl methyl sites for hydroxylation is 1. The molecule has 1 unspecified atom stereocenters. The first-order valence-corrected chi connectivity index (χ1v) is 11.0. The SMILES string of the molecule is CC1=C(/C(=C\C(C)C(C)C)Nc2cccc(C)c2)CN(C=O)CC1.COC(C)(C)C. The number of ether oxygens (including phenoxy) is 1. The predicted molar refractivity (Wildman–Crippen MR) is 129 cm³/mol. The summed E-state index contributed by atoms with van der Waals surface area (Å²) in [5.41, 5.74) is 6.14. The third kappa shape index (κ3) is 9.17. The summed E-state index contributed by atoms with van der Waals surface area (Å²) in [6.07, 6.45) is 4.22. The molecule has 1 aliphatic rings. The lowest BCUT2D eigenvalue weighted by Crippen LogP contribution is -2.31. The second-order valence-corrected chi connectivity index (χ2v) is 9.58. The van der Waals surface area contributed by atoms with Crippen LogP contribution in [-0.4, -0.2) is 37.1 Å². The van der Waals surface area contributed by atoms with Crippen molar-refractivity contribution in [2.45, 2.75) is 67.4 Å². The Balaban J connectivity index is 0.000000656. The normalized spacial score (nSPS) is 16.2. The first-order valence-electron chi connectivity index (χ1n) is 11.0. The van der Waals surface area contributed by atoms with Crippen molar-refractivity contribution in [3.05, 3.63) is 52.7 Å². The fraction of sp³-hybridized carbons (Fsp3) is 0.577. The monoisotopic (exact) mass is 414 g/mol. The lowest BCUT2D eigenvalue weighted by Gasteiger charge is -2.29. The highest BCUT2D eigenvalue weighted by Gasteiger charge is 2.19. The quantitative estimate of drug-likeness (QED) is 0.564. The number of anilines is 1. The molecule has 4 nitrogen and oxygen atoms in total. The van der Waals surface area contributed by atoms with E-state index in [1.165, 1.54) is 16.7 Å². The van der Waals surface area contributed by atoms with Gasteiger partial charge in [0.05, 0.1) is 5.60 Å². The third-order valence-corrected chi connectivity index (χ3v) is 5.52. The van der Waals surface area contributed by atoms with E-state index in [1.54, 1.807) is 7.11 Å². The highest BCUT2D eigenvalue weighted by Crippen LogP contribution is 2.27. The van der Waals surface area contributed by atoms with Gasteiger partial charge in [-0.3, -0.25) is 4.79 Å². The van der Waals surface area contributed by atoms with Crippen LogP contribution in [0.1, 0.15) is 60.5 Å². The number of hydrogen-bond donors (Lipinski definition) is 1. The molecular weight excluding hydrogens is 372 g/mol. The molecule has 4 heteroatoms. The van der Waals surface area contributed by atoms with Gasteiger partial charge in [-0.05, 0) is 76.1 Å². The molecule has 0 aromatic heterocycles. The lowest BCUT2D eigenvalue weighted by molar-refractivity contribution is -0.117. The third-order valence-electron chi connectivity index (χ3n) is 5.52. The van der Waals surface area contributed by atoms with Crippen LogP contribution in [0.15, 0.2) is 47.2 Å². The first kappa shape index (κ1) is 26.0. The van der Waals surface area contributed by atoms with Crippen LogP contribution in [0.5, 0.6) is 0 Å². The van der Waals surface area contributed by atoms with Gasteiger partial charge in [-0.1, -0.05) is 44.6 Å². The molecule has 168 valence electrons. The number of carbonyl (C=O) groups is 1. The predicted octanol–water partition coefficient (Wildman–Crippen LogP) is 6.19. The Morgan fingerprint density at radius 3 is 2.33 bits per heavy atom. The molecule has 0 bridgehead atoms. The number of rotatable bonds is 6. The molecule has 1 aliphatic heterocycles. The Labute approximate surface area is 184 Å². The fourth-order valence-electron chi connectivity index (χ4n) is 2.84. The second kappa shape index (κ2) is 11.9. The molecule has 1 atom stereocenters. The molecule has 1 aromatic carbocycles. The van der Waals surface area contributed by atoms with Gasteiger partial charge in [-0.25, -0.2) is 0 Å². The number of nitrogens with zero attached hydrogens (tertiary/aromatic N) is 1. The number of benzene rings is 1. The van der Waals surface area contributed by atoms with Crippen LogP contribution in [0, 0.1) is 18.8 Å². The maximum absolute atomic E-state index is 11.2. The van der Waals surface area contributed by atoms with Crippen LogP contribution in [0.3, 0.4) is 0 Å². The molecule has 0 aliphatic carbocycles. The summed E-state index contributed by atoms with van der Waals surface area (Å²) in [5, 5.41) is 3.61. The summed E-state index contributed by atoms with van der Waals surface area (Å²) in [7, 11) is 1.71. The number of allylic oxidation sites excluding steroid dienone is 1. The molecule has 0 saturated heterocycles. The minimum Gasteiger partial charge on any atom is -0.379 e. The molecule has 0 radical (unpaired) electrons. The van der Waals surface area contributed by atoms with Gasteiger partial charge in [-0.15, -0.1) is 0 Å². The van der Waals surface area contributed by atoms with Crippen molar-refractivity contribution in [2.75, 3.05) is 25.5 Å². The van der Waals surface area contributed by atoms with Gasteiger partial charge < -0.3 is 15.0 Å². The van der Waals surface area contributed by atoms with Crippen LogP contribution >= 0.6 is 0 Å². The van der Waals surface area contributed by atoms with Gasteiger partial charge in [-0.2, -0.15) is 0 Å². The van der Waals surface area contributed by atoms with E-state index in [2.05, 4.69) is 70.3 Å². The highest BCUT2D eigenvalue weighted by atomic mass is 16.5. The van der Waals surface area contributed by atoms with E-state index in [0.29, 0.717) is 18.4 Å². The van der Waals surface area contributed by atoms with E-state index < -0.39 is 0 Å². The van der Waals surface area contributed by atoms with Crippen molar-refractivity contribution >= 4 is 12.1 Å². The van der Waals surface area contributed by atoms with Crippen molar-refractivity contribution in [1.82, 2.24) is 4.90 Å². The molecule has 1 heterocycles. The van der Waals surface area contributed by atoms with Crippen molar-refractivity contribution in [3.63, 3.8) is 0 Å². The van der Waals surface area contributed by atoms with E-state index in [-0.39, 0.29) is 5.60 Å². The molecule has 30 heavy (non-hydrogen) atoms. The largest absolute Gasteiger partial charge is 0.379 e. The van der Waals surface area contributed by atoms with Crippen LogP contribution in [0.2, 0.25) is 0 Å². The fourth-order valence-corrected chi connectivity index (χ4v) is 2.84. The number of carbonyl (C=O) groups excluding carboxylic acids is 1. The molecule has 0 spiro atoms. The average molecular weight is 415 g/mol. The van der Waals surface area contributed by atoms with Crippen molar-refractivity contribution in [3.8, 4) is 0 Å². The molecule has 0 saturated carbocycles. The van der Waals surface area contributed by atoms with Gasteiger partial charge in [0.1, 0.15) is 0 Å². The van der Waals surface area contributed by atoms with E-state index in [4.69, 9.17) is 4.74 Å². The molecule has 1 N–H and O–H groups in total. The molecule has 1 aromatic rings. The molecule has 0 fully saturated rings. The zero-order valence-electron chi connectivity index (χ0n) is 20.5. The molecule has 1 amide bonds. The first-order chi connectivity index (χ1) is 14.0. The Morgan fingerprint density at radius 1 is 1.20 bits per heavy atom. The van der Waals surface area contributed by atoms with Gasteiger partial charge in [0, 0.05) is 31.6 Å². The number of nitrogens with one attached hydrogen (secondary N) is 1. The summed E-state index contributed by atoms with van der Waals surface area (Å²) in [6.45, 7) is 18.6. The van der Waals surface area contributed by atoms with Crippen molar-refractivity contribution < 1.29 is 9.53 Å². The Kier molecular flexibility index (Phi) is 10.3. The van der Waals surface area contributed by atoms with E-state index in [1.807, 2.05) is 25.7 Å². The van der Waals surface area contributed by atoms with Crippen LogP contribution in [0.4, 0.5) is 5.69 Å². The van der Waals surface area contributed by atoms with Crippen LogP contribution in [0.25, 0.3) is 0 Å². The summed E-state index contributed by atoms with van der Waals surface area (Å²) >= 11 is 0. The average Bonchev–Trinajstić information content (AvgIpc) is 2.67. The van der Waals surface area contributed by atoms with E-state index in [0.717, 1.165) is 30.8 Å².